The lowest BCUT2D eigenvalue weighted by Crippen LogP contribution is -2.15. The number of benzene rings is 2. The van der Waals surface area contributed by atoms with E-state index in [1.54, 1.807) is 18.2 Å². The van der Waals surface area contributed by atoms with E-state index >= 15 is 0 Å². The molecule has 0 aliphatic carbocycles. The monoisotopic (exact) mass is 320 g/mol. The fraction of sp³-hybridized carbons (Fsp3) is 0.167. The number of hydrogen-bond donors (Lipinski definition) is 2. The molecule has 0 aliphatic rings. The van der Waals surface area contributed by atoms with Gasteiger partial charge in [0.25, 0.3) is 5.91 Å². The SMILES string of the molecule is COc1c(C#N)ccc(C)c1C(=O)Nc1ccc2[nH]nc(C)c2c1. The van der Waals surface area contributed by atoms with Crippen LogP contribution in [0, 0.1) is 25.2 Å². The van der Waals surface area contributed by atoms with Crippen LogP contribution in [0.15, 0.2) is 30.3 Å². The summed E-state index contributed by atoms with van der Waals surface area (Å²) in [6, 6.07) is 10.9. The number of amides is 1. The number of nitrogens with one attached hydrogen (secondary N) is 2. The molecule has 120 valence electrons. The van der Waals surface area contributed by atoms with E-state index in [1.165, 1.54) is 7.11 Å². The van der Waals surface area contributed by atoms with Gasteiger partial charge in [0.05, 0.1) is 29.4 Å². The summed E-state index contributed by atoms with van der Waals surface area (Å²) in [5.41, 5.74) is 3.85. The third kappa shape index (κ3) is 2.57. The number of aromatic nitrogens is 2. The van der Waals surface area contributed by atoms with Gasteiger partial charge in [0.2, 0.25) is 0 Å². The van der Waals surface area contributed by atoms with Crippen molar-refractivity contribution < 1.29 is 9.53 Å². The third-order valence-corrected chi connectivity index (χ3v) is 3.93. The van der Waals surface area contributed by atoms with Crippen LogP contribution in [0.3, 0.4) is 0 Å². The van der Waals surface area contributed by atoms with Gasteiger partial charge in [-0.2, -0.15) is 10.4 Å². The van der Waals surface area contributed by atoms with E-state index in [4.69, 9.17) is 4.74 Å². The summed E-state index contributed by atoms with van der Waals surface area (Å²) in [4.78, 5) is 12.7. The quantitative estimate of drug-likeness (QED) is 0.774. The Balaban J connectivity index is 2.00. The first kappa shape index (κ1) is 15.6. The maximum absolute atomic E-state index is 12.7. The molecule has 1 amide bonds. The first-order chi connectivity index (χ1) is 11.5. The van der Waals surface area contributed by atoms with Crippen molar-refractivity contribution in [3.05, 3.63) is 52.7 Å². The molecule has 1 aromatic heterocycles. The van der Waals surface area contributed by atoms with E-state index in [2.05, 4.69) is 15.5 Å². The van der Waals surface area contributed by atoms with Crippen LogP contribution in [0.4, 0.5) is 5.69 Å². The number of H-pyrrole nitrogens is 1. The molecule has 6 heteroatoms. The van der Waals surface area contributed by atoms with Crippen LogP contribution in [0.5, 0.6) is 5.75 Å². The standard InChI is InChI=1S/C18H16N4O2/c1-10-4-5-12(9-19)17(24-3)16(10)18(23)20-13-6-7-15-14(8-13)11(2)21-22-15/h4-8H,1-3H3,(H,20,23)(H,21,22). The number of methoxy groups -OCH3 is 1. The molecule has 6 nitrogen and oxygen atoms in total. The van der Waals surface area contributed by atoms with Crippen molar-refractivity contribution in [2.75, 3.05) is 12.4 Å². The molecular formula is C18H16N4O2. The van der Waals surface area contributed by atoms with E-state index in [9.17, 15) is 10.1 Å². The number of anilines is 1. The van der Waals surface area contributed by atoms with Gasteiger partial charge in [0.15, 0.2) is 0 Å². The Hall–Kier alpha value is -3.33. The van der Waals surface area contributed by atoms with E-state index in [0.717, 1.165) is 22.2 Å². The van der Waals surface area contributed by atoms with E-state index in [-0.39, 0.29) is 11.7 Å². The smallest absolute Gasteiger partial charge is 0.259 e. The molecule has 0 saturated heterocycles. The lowest BCUT2D eigenvalue weighted by atomic mass is 10.0. The molecule has 0 bridgehead atoms. The maximum atomic E-state index is 12.7. The van der Waals surface area contributed by atoms with E-state index in [0.29, 0.717) is 16.8 Å². The van der Waals surface area contributed by atoms with Gasteiger partial charge in [-0.1, -0.05) is 6.07 Å². The van der Waals surface area contributed by atoms with Crippen LogP contribution in [0.2, 0.25) is 0 Å². The van der Waals surface area contributed by atoms with Crippen molar-refractivity contribution in [2.24, 2.45) is 0 Å². The fourth-order valence-corrected chi connectivity index (χ4v) is 2.68. The zero-order chi connectivity index (χ0) is 17.3. The topological polar surface area (TPSA) is 90.8 Å². The number of fused-ring (bicyclic) bond motifs is 1. The highest BCUT2D eigenvalue weighted by Gasteiger charge is 2.19. The Morgan fingerprint density at radius 2 is 2.08 bits per heavy atom. The summed E-state index contributed by atoms with van der Waals surface area (Å²) >= 11 is 0. The number of aryl methyl sites for hydroxylation is 2. The summed E-state index contributed by atoms with van der Waals surface area (Å²) in [7, 11) is 1.45. The molecule has 0 unspecified atom stereocenters. The van der Waals surface area contributed by atoms with E-state index in [1.807, 2.05) is 32.0 Å². The summed E-state index contributed by atoms with van der Waals surface area (Å²) in [5.74, 6) is -0.0301. The highest BCUT2D eigenvalue weighted by atomic mass is 16.5. The number of carbonyl (C=O) groups is 1. The van der Waals surface area contributed by atoms with E-state index < -0.39 is 0 Å². The van der Waals surface area contributed by atoms with Gasteiger partial charge in [0.1, 0.15) is 11.8 Å². The second-order valence-corrected chi connectivity index (χ2v) is 5.47. The molecule has 0 saturated carbocycles. The summed E-state index contributed by atoms with van der Waals surface area (Å²) in [6.45, 7) is 3.70. The first-order valence-electron chi connectivity index (χ1n) is 7.39. The Kier molecular flexibility index (Phi) is 3.92. The van der Waals surface area contributed by atoms with Crippen LogP contribution in [0.1, 0.15) is 27.2 Å². The first-order valence-corrected chi connectivity index (χ1v) is 7.39. The van der Waals surface area contributed by atoms with Crippen molar-refractivity contribution >= 4 is 22.5 Å². The van der Waals surface area contributed by atoms with Crippen LogP contribution in [-0.2, 0) is 0 Å². The molecule has 3 aromatic rings. The molecule has 1 heterocycles. The number of nitriles is 1. The van der Waals surface area contributed by atoms with Crippen molar-refractivity contribution in [3.63, 3.8) is 0 Å². The molecule has 2 N–H and O–H groups in total. The van der Waals surface area contributed by atoms with Crippen LogP contribution >= 0.6 is 0 Å². The number of nitrogens with zero attached hydrogens (tertiary/aromatic N) is 2. The predicted molar refractivity (Wildman–Crippen MR) is 91.2 cm³/mol. The molecule has 0 spiro atoms. The Bertz CT molecular complexity index is 983. The number of aromatic amines is 1. The number of carbonyl (C=O) groups excluding carboxylic acids is 1. The third-order valence-electron chi connectivity index (χ3n) is 3.93. The van der Waals surface area contributed by atoms with Crippen LogP contribution in [0.25, 0.3) is 10.9 Å². The second-order valence-electron chi connectivity index (χ2n) is 5.47. The van der Waals surface area contributed by atoms with Gasteiger partial charge < -0.3 is 10.1 Å². The number of hydrogen-bond acceptors (Lipinski definition) is 4. The summed E-state index contributed by atoms with van der Waals surface area (Å²) < 4.78 is 5.29. The van der Waals surface area contributed by atoms with Crippen molar-refractivity contribution in [3.8, 4) is 11.8 Å². The zero-order valence-corrected chi connectivity index (χ0v) is 13.6. The lowest BCUT2D eigenvalue weighted by Gasteiger charge is -2.13. The largest absolute Gasteiger partial charge is 0.495 e. The normalized spacial score (nSPS) is 10.4. The fourth-order valence-electron chi connectivity index (χ4n) is 2.68. The Morgan fingerprint density at radius 3 is 2.79 bits per heavy atom. The second kappa shape index (κ2) is 6.05. The molecule has 0 fully saturated rings. The lowest BCUT2D eigenvalue weighted by molar-refractivity contribution is 0.102. The van der Waals surface area contributed by atoms with Gasteiger partial charge >= 0.3 is 0 Å². The number of ether oxygens (including phenoxy) is 1. The van der Waals surface area contributed by atoms with Gasteiger partial charge in [0, 0.05) is 11.1 Å². The highest BCUT2D eigenvalue weighted by molar-refractivity contribution is 6.08. The van der Waals surface area contributed by atoms with Crippen LogP contribution < -0.4 is 10.1 Å². The summed E-state index contributed by atoms with van der Waals surface area (Å²) in [6.07, 6.45) is 0. The van der Waals surface area contributed by atoms with Gasteiger partial charge in [-0.25, -0.2) is 0 Å². The molecule has 0 aliphatic heterocycles. The van der Waals surface area contributed by atoms with Crippen molar-refractivity contribution in [2.45, 2.75) is 13.8 Å². The minimum Gasteiger partial charge on any atom is -0.495 e. The highest BCUT2D eigenvalue weighted by Crippen LogP contribution is 2.28. The minimum atomic E-state index is -0.318. The Labute approximate surface area is 139 Å². The van der Waals surface area contributed by atoms with Crippen molar-refractivity contribution in [1.82, 2.24) is 10.2 Å². The van der Waals surface area contributed by atoms with Gasteiger partial charge in [-0.05, 0) is 43.7 Å². The van der Waals surface area contributed by atoms with Gasteiger partial charge in [-0.3, -0.25) is 9.89 Å². The Morgan fingerprint density at radius 1 is 1.29 bits per heavy atom. The molecule has 2 aromatic carbocycles. The zero-order valence-electron chi connectivity index (χ0n) is 13.6. The maximum Gasteiger partial charge on any atom is 0.259 e. The van der Waals surface area contributed by atoms with Crippen molar-refractivity contribution in [1.29, 1.82) is 5.26 Å². The van der Waals surface area contributed by atoms with Gasteiger partial charge in [-0.15, -0.1) is 0 Å². The van der Waals surface area contributed by atoms with Crippen LogP contribution in [-0.4, -0.2) is 23.2 Å². The molecule has 3 rings (SSSR count). The molecule has 0 radical (unpaired) electrons. The number of rotatable bonds is 3. The average molecular weight is 320 g/mol. The minimum absolute atomic E-state index is 0.288. The predicted octanol–water partition coefficient (Wildman–Crippen LogP) is 3.31. The molecule has 0 atom stereocenters. The average Bonchev–Trinajstić information content (AvgIpc) is 2.95. The molecular weight excluding hydrogens is 304 g/mol. The molecule has 24 heavy (non-hydrogen) atoms. The summed E-state index contributed by atoms with van der Waals surface area (Å²) in [5, 5.41) is 20.1.